The van der Waals surface area contributed by atoms with Gasteiger partial charge in [-0.3, -0.25) is 4.68 Å². The first-order chi connectivity index (χ1) is 8.00. The smallest absolute Gasteiger partial charge is 0.125 e. The Hall–Kier alpha value is -1.29. The summed E-state index contributed by atoms with van der Waals surface area (Å²) in [6.07, 6.45) is 0. The molecule has 0 unspecified atom stereocenters. The molecule has 0 bridgehead atoms. The molecule has 2 N–H and O–H groups in total. The maximum Gasteiger partial charge on any atom is 0.125 e. The Morgan fingerprint density at radius 3 is 2.65 bits per heavy atom. The van der Waals surface area contributed by atoms with E-state index in [4.69, 9.17) is 5.73 Å². The minimum atomic E-state index is 0.359. The monoisotopic (exact) mass is 293 g/mol. The van der Waals surface area contributed by atoms with Gasteiger partial charge < -0.3 is 5.73 Å². The third kappa shape index (κ3) is 2.22. The summed E-state index contributed by atoms with van der Waals surface area (Å²) in [6, 6.07) is 8.13. The minimum absolute atomic E-state index is 0.359. The first-order valence-corrected chi connectivity index (χ1v) is 6.38. The maximum atomic E-state index is 6.07. The molecule has 0 atom stereocenters. The lowest BCUT2D eigenvalue weighted by molar-refractivity contribution is 0.780. The van der Waals surface area contributed by atoms with E-state index in [2.05, 4.69) is 47.0 Å². The molecule has 2 aromatic rings. The van der Waals surface area contributed by atoms with Crippen LogP contribution in [0.25, 0.3) is 11.3 Å². The molecule has 17 heavy (non-hydrogen) atoms. The summed E-state index contributed by atoms with van der Waals surface area (Å²) in [6.45, 7) is 4.27. The first-order valence-electron chi connectivity index (χ1n) is 5.59. The van der Waals surface area contributed by atoms with Crippen LogP contribution >= 0.6 is 15.9 Å². The van der Waals surface area contributed by atoms with E-state index in [9.17, 15) is 0 Å². The number of rotatable bonds is 2. The third-order valence-electron chi connectivity index (χ3n) is 2.81. The van der Waals surface area contributed by atoms with Gasteiger partial charge in [-0.25, -0.2) is 0 Å². The predicted molar refractivity (Wildman–Crippen MR) is 74.8 cm³/mol. The third-order valence-corrected chi connectivity index (χ3v) is 3.30. The van der Waals surface area contributed by atoms with Crippen LogP contribution in [0.2, 0.25) is 0 Å². The van der Waals surface area contributed by atoms with Crippen LogP contribution in [0.5, 0.6) is 0 Å². The molecule has 1 aromatic heterocycles. The van der Waals surface area contributed by atoms with Gasteiger partial charge in [-0.2, -0.15) is 5.10 Å². The fourth-order valence-corrected chi connectivity index (χ4v) is 2.37. The van der Waals surface area contributed by atoms with Crippen molar-refractivity contribution < 1.29 is 0 Å². The van der Waals surface area contributed by atoms with Crippen LogP contribution in [0.1, 0.15) is 25.3 Å². The number of hydrogen-bond acceptors (Lipinski definition) is 2. The van der Waals surface area contributed by atoms with Crippen LogP contribution in [0.15, 0.2) is 28.7 Å². The molecule has 1 heterocycles. The van der Waals surface area contributed by atoms with Gasteiger partial charge >= 0.3 is 0 Å². The van der Waals surface area contributed by atoms with Gasteiger partial charge in [0, 0.05) is 22.6 Å². The lowest BCUT2D eigenvalue weighted by Gasteiger charge is -2.07. The number of aromatic nitrogens is 2. The van der Waals surface area contributed by atoms with Crippen molar-refractivity contribution in [2.24, 2.45) is 7.05 Å². The quantitative estimate of drug-likeness (QED) is 0.920. The normalized spacial score (nSPS) is 11.1. The number of nitrogens with zero attached hydrogens (tertiary/aromatic N) is 2. The molecule has 3 nitrogen and oxygen atoms in total. The van der Waals surface area contributed by atoms with Crippen molar-refractivity contribution >= 4 is 21.7 Å². The van der Waals surface area contributed by atoms with Crippen molar-refractivity contribution in [1.29, 1.82) is 0 Å². The van der Waals surface area contributed by atoms with Gasteiger partial charge in [0.05, 0.1) is 5.69 Å². The molecule has 0 saturated carbocycles. The second kappa shape index (κ2) is 4.53. The number of halogens is 1. The van der Waals surface area contributed by atoms with E-state index in [-0.39, 0.29) is 0 Å². The van der Waals surface area contributed by atoms with E-state index >= 15 is 0 Å². The van der Waals surface area contributed by atoms with Crippen LogP contribution in [-0.2, 0) is 7.05 Å². The number of aryl methyl sites for hydroxylation is 1. The lowest BCUT2D eigenvalue weighted by atomic mass is 9.99. The van der Waals surface area contributed by atoms with Crippen molar-refractivity contribution in [3.63, 3.8) is 0 Å². The lowest BCUT2D eigenvalue weighted by Crippen LogP contribution is -2.00. The fraction of sp³-hybridized carbons (Fsp3) is 0.308. The summed E-state index contributed by atoms with van der Waals surface area (Å²) in [4.78, 5) is 0. The Kier molecular flexibility index (Phi) is 3.24. The molecule has 0 aliphatic carbocycles. The van der Waals surface area contributed by atoms with Gasteiger partial charge in [0.2, 0.25) is 0 Å². The molecule has 0 spiro atoms. The van der Waals surface area contributed by atoms with Gasteiger partial charge in [-0.15, -0.1) is 0 Å². The summed E-state index contributed by atoms with van der Waals surface area (Å²) < 4.78 is 2.79. The molecule has 0 saturated heterocycles. The second-order valence-electron chi connectivity index (χ2n) is 4.44. The van der Waals surface area contributed by atoms with Gasteiger partial charge in [-0.1, -0.05) is 41.9 Å². The van der Waals surface area contributed by atoms with Crippen LogP contribution in [0.3, 0.4) is 0 Å². The number of benzene rings is 1. The van der Waals surface area contributed by atoms with Crippen molar-refractivity contribution in [3.05, 3.63) is 34.3 Å². The van der Waals surface area contributed by atoms with E-state index in [1.165, 1.54) is 0 Å². The van der Waals surface area contributed by atoms with Crippen molar-refractivity contribution in [1.82, 2.24) is 9.78 Å². The molecular weight excluding hydrogens is 278 g/mol. The summed E-state index contributed by atoms with van der Waals surface area (Å²) in [5.74, 6) is 1.10. The summed E-state index contributed by atoms with van der Waals surface area (Å²) in [5.41, 5.74) is 9.25. The molecule has 90 valence electrons. The number of hydrogen-bond donors (Lipinski definition) is 1. The Bertz CT molecular complexity index is 544. The fourth-order valence-electron chi connectivity index (χ4n) is 1.97. The highest BCUT2D eigenvalue weighted by atomic mass is 79.9. The van der Waals surface area contributed by atoms with Crippen molar-refractivity contribution in [3.8, 4) is 11.3 Å². The molecule has 0 aliphatic rings. The molecule has 0 fully saturated rings. The number of nitrogens with two attached hydrogens (primary N) is 1. The highest BCUT2D eigenvalue weighted by molar-refractivity contribution is 9.10. The van der Waals surface area contributed by atoms with E-state index in [1.54, 1.807) is 4.68 Å². The number of anilines is 1. The highest BCUT2D eigenvalue weighted by Crippen LogP contribution is 2.33. The van der Waals surface area contributed by atoms with Gasteiger partial charge in [0.25, 0.3) is 0 Å². The summed E-state index contributed by atoms with van der Waals surface area (Å²) >= 11 is 3.48. The van der Waals surface area contributed by atoms with Crippen molar-refractivity contribution in [2.45, 2.75) is 19.8 Å². The van der Waals surface area contributed by atoms with Crippen LogP contribution in [-0.4, -0.2) is 9.78 Å². The maximum absolute atomic E-state index is 6.07. The molecule has 1 aromatic carbocycles. The van der Waals surface area contributed by atoms with Crippen LogP contribution in [0.4, 0.5) is 5.82 Å². The molecule has 4 heteroatoms. The Morgan fingerprint density at radius 1 is 1.35 bits per heavy atom. The van der Waals surface area contributed by atoms with Crippen molar-refractivity contribution in [2.75, 3.05) is 5.73 Å². The molecule has 0 radical (unpaired) electrons. The van der Waals surface area contributed by atoms with E-state index in [1.807, 2.05) is 19.2 Å². The van der Waals surface area contributed by atoms with Gasteiger partial charge in [0.15, 0.2) is 0 Å². The largest absolute Gasteiger partial charge is 0.384 e. The zero-order valence-corrected chi connectivity index (χ0v) is 11.8. The SMILES string of the molecule is CC(C)c1c(-c2cccc(Br)c2)nn(C)c1N. The van der Waals surface area contributed by atoms with E-state index in [0.29, 0.717) is 5.92 Å². The second-order valence-corrected chi connectivity index (χ2v) is 5.35. The summed E-state index contributed by atoms with van der Waals surface area (Å²) in [5, 5.41) is 4.51. The molecule has 2 rings (SSSR count). The zero-order chi connectivity index (χ0) is 12.6. The summed E-state index contributed by atoms with van der Waals surface area (Å²) in [7, 11) is 1.88. The van der Waals surface area contributed by atoms with E-state index < -0.39 is 0 Å². The molecule has 0 amide bonds. The number of nitrogen functional groups attached to an aromatic ring is 1. The standard InChI is InChI=1S/C13H16BrN3/c1-8(2)11-12(16-17(3)13(11)15)9-5-4-6-10(14)7-9/h4-8H,15H2,1-3H3. The first kappa shape index (κ1) is 12.2. The van der Waals surface area contributed by atoms with Gasteiger partial charge in [0.1, 0.15) is 5.82 Å². The van der Waals surface area contributed by atoms with E-state index in [0.717, 1.165) is 27.1 Å². The Balaban J connectivity index is 2.63. The zero-order valence-electron chi connectivity index (χ0n) is 10.2. The van der Waals surface area contributed by atoms with Crippen LogP contribution < -0.4 is 5.73 Å². The minimum Gasteiger partial charge on any atom is -0.384 e. The molecule has 0 aliphatic heterocycles. The Labute approximate surface area is 110 Å². The highest BCUT2D eigenvalue weighted by Gasteiger charge is 2.18. The Morgan fingerprint density at radius 2 is 2.06 bits per heavy atom. The topological polar surface area (TPSA) is 43.8 Å². The predicted octanol–water partition coefficient (Wildman–Crippen LogP) is 3.56. The van der Waals surface area contributed by atoms with Crippen LogP contribution in [0, 0.1) is 0 Å². The molecular formula is C13H16BrN3. The average molecular weight is 294 g/mol. The average Bonchev–Trinajstić information content (AvgIpc) is 2.55. The van der Waals surface area contributed by atoms with Gasteiger partial charge in [-0.05, 0) is 18.1 Å².